The molecule has 0 spiro atoms. The molecule has 0 radical (unpaired) electrons. The SMILES string of the molecule is CNS(=O)(=O)c1cc(C(=O)NCc2cnn(-c3ccccc3)c2)cc(C)c1C. The maximum atomic E-state index is 12.6. The second kappa shape index (κ2) is 7.95. The molecule has 7 nitrogen and oxygen atoms in total. The predicted molar refractivity (Wildman–Crippen MR) is 107 cm³/mol. The minimum Gasteiger partial charge on any atom is -0.348 e. The first kappa shape index (κ1) is 19.8. The molecule has 0 saturated heterocycles. The van der Waals surface area contributed by atoms with Gasteiger partial charge in [0.2, 0.25) is 10.0 Å². The standard InChI is InChI=1S/C20H22N4O3S/c1-14-9-17(10-19(15(14)2)28(26,27)21-3)20(25)22-11-16-12-23-24(13-16)18-7-5-4-6-8-18/h4-10,12-13,21H,11H2,1-3H3,(H,22,25). The molecule has 2 aromatic carbocycles. The molecule has 0 bridgehead atoms. The van der Waals surface area contributed by atoms with Crippen molar-refractivity contribution in [3.63, 3.8) is 0 Å². The highest BCUT2D eigenvalue weighted by Crippen LogP contribution is 2.21. The van der Waals surface area contributed by atoms with Crippen LogP contribution in [0, 0.1) is 13.8 Å². The Morgan fingerprint density at radius 1 is 1.14 bits per heavy atom. The number of nitrogens with zero attached hydrogens (tertiary/aromatic N) is 2. The lowest BCUT2D eigenvalue weighted by Crippen LogP contribution is -2.25. The van der Waals surface area contributed by atoms with E-state index in [1.807, 2.05) is 36.5 Å². The van der Waals surface area contributed by atoms with Crippen molar-refractivity contribution >= 4 is 15.9 Å². The predicted octanol–water partition coefficient (Wildman–Crippen LogP) is 2.33. The Morgan fingerprint density at radius 2 is 1.86 bits per heavy atom. The molecule has 3 aromatic rings. The van der Waals surface area contributed by atoms with Crippen LogP contribution in [0.25, 0.3) is 5.69 Å². The number of aromatic nitrogens is 2. The van der Waals surface area contributed by atoms with Gasteiger partial charge in [0.25, 0.3) is 5.91 Å². The van der Waals surface area contributed by atoms with Gasteiger partial charge in [-0.3, -0.25) is 4.79 Å². The van der Waals surface area contributed by atoms with Crippen molar-refractivity contribution in [1.82, 2.24) is 19.8 Å². The van der Waals surface area contributed by atoms with Gasteiger partial charge in [0, 0.05) is 23.9 Å². The van der Waals surface area contributed by atoms with Crippen LogP contribution in [0.2, 0.25) is 0 Å². The molecule has 0 fully saturated rings. The minimum absolute atomic E-state index is 0.108. The molecule has 1 heterocycles. The topological polar surface area (TPSA) is 93.1 Å². The summed E-state index contributed by atoms with van der Waals surface area (Å²) in [5.41, 5.74) is 3.42. The van der Waals surface area contributed by atoms with Gasteiger partial charge in [0.1, 0.15) is 0 Å². The number of hydrogen-bond donors (Lipinski definition) is 2. The molecule has 0 unspecified atom stereocenters. The zero-order valence-corrected chi connectivity index (χ0v) is 16.7. The van der Waals surface area contributed by atoms with Crippen molar-refractivity contribution in [2.45, 2.75) is 25.3 Å². The summed E-state index contributed by atoms with van der Waals surface area (Å²) in [4.78, 5) is 12.7. The summed E-state index contributed by atoms with van der Waals surface area (Å²) in [7, 11) is -2.30. The first-order valence-electron chi connectivity index (χ1n) is 8.74. The van der Waals surface area contributed by atoms with E-state index >= 15 is 0 Å². The van der Waals surface area contributed by atoms with Gasteiger partial charge in [-0.25, -0.2) is 17.8 Å². The number of para-hydroxylation sites is 1. The molecular weight excluding hydrogens is 376 g/mol. The maximum Gasteiger partial charge on any atom is 0.251 e. The highest BCUT2D eigenvalue weighted by atomic mass is 32.2. The summed E-state index contributed by atoms with van der Waals surface area (Å²) in [5, 5.41) is 7.11. The zero-order valence-electron chi connectivity index (χ0n) is 15.9. The van der Waals surface area contributed by atoms with Crippen LogP contribution in [0.3, 0.4) is 0 Å². The third-order valence-electron chi connectivity index (χ3n) is 4.55. The van der Waals surface area contributed by atoms with Gasteiger partial charge < -0.3 is 5.32 Å². The lowest BCUT2D eigenvalue weighted by atomic mass is 10.1. The van der Waals surface area contributed by atoms with Crippen LogP contribution in [0.15, 0.2) is 59.8 Å². The smallest absolute Gasteiger partial charge is 0.251 e. The van der Waals surface area contributed by atoms with Crippen molar-refractivity contribution in [1.29, 1.82) is 0 Å². The Morgan fingerprint density at radius 3 is 2.54 bits per heavy atom. The number of carbonyl (C=O) groups excluding carboxylic acids is 1. The summed E-state index contributed by atoms with van der Waals surface area (Å²) in [5.74, 6) is -0.344. The lowest BCUT2D eigenvalue weighted by Gasteiger charge is -2.12. The van der Waals surface area contributed by atoms with Crippen LogP contribution >= 0.6 is 0 Å². The third kappa shape index (κ3) is 4.13. The second-order valence-corrected chi connectivity index (χ2v) is 8.29. The molecule has 8 heteroatoms. The maximum absolute atomic E-state index is 12.6. The van der Waals surface area contributed by atoms with E-state index in [1.165, 1.54) is 13.1 Å². The molecular formula is C20H22N4O3S. The molecule has 0 saturated carbocycles. The number of amides is 1. The molecule has 0 aliphatic rings. The van der Waals surface area contributed by atoms with Gasteiger partial charge in [-0.05, 0) is 56.3 Å². The Bertz CT molecular complexity index is 1110. The molecule has 3 rings (SSSR count). The molecule has 28 heavy (non-hydrogen) atoms. The second-order valence-electron chi connectivity index (χ2n) is 6.44. The van der Waals surface area contributed by atoms with Crippen LogP contribution in [0.4, 0.5) is 0 Å². The number of benzene rings is 2. The van der Waals surface area contributed by atoms with E-state index in [0.29, 0.717) is 11.1 Å². The van der Waals surface area contributed by atoms with E-state index < -0.39 is 10.0 Å². The number of carbonyl (C=O) groups is 1. The van der Waals surface area contributed by atoms with Crippen molar-refractivity contribution in [3.8, 4) is 5.69 Å². The summed E-state index contributed by atoms with van der Waals surface area (Å²) in [6, 6.07) is 12.7. The van der Waals surface area contributed by atoms with Crippen molar-refractivity contribution < 1.29 is 13.2 Å². The van der Waals surface area contributed by atoms with E-state index in [0.717, 1.165) is 16.8 Å². The number of aryl methyl sites for hydroxylation is 1. The van der Waals surface area contributed by atoms with Gasteiger partial charge in [-0.15, -0.1) is 0 Å². The summed E-state index contributed by atoms with van der Waals surface area (Å²) in [6.45, 7) is 3.79. The molecule has 0 aliphatic heterocycles. The normalized spacial score (nSPS) is 11.4. The molecule has 1 aromatic heterocycles. The van der Waals surface area contributed by atoms with E-state index in [4.69, 9.17) is 0 Å². The number of nitrogens with one attached hydrogen (secondary N) is 2. The largest absolute Gasteiger partial charge is 0.348 e. The Balaban J connectivity index is 1.76. The van der Waals surface area contributed by atoms with Crippen molar-refractivity contribution in [3.05, 3.63) is 77.1 Å². The van der Waals surface area contributed by atoms with Crippen LogP contribution in [-0.4, -0.2) is 31.2 Å². The Kier molecular flexibility index (Phi) is 5.62. The summed E-state index contributed by atoms with van der Waals surface area (Å²) >= 11 is 0. The fourth-order valence-corrected chi connectivity index (χ4v) is 3.87. The van der Waals surface area contributed by atoms with Crippen molar-refractivity contribution in [2.75, 3.05) is 7.05 Å². The van der Waals surface area contributed by atoms with E-state index in [2.05, 4.69) is 15.1 Å². The quantitative estimate of drug-likeness (QED) is 0.666. The Labute approximate surface area is 164 Å². The zero-order chi connectivity index (χ0) is 20.3. The van der Waals surface area contributed by atoms with Gasteiger partial charge >= 0.3 is 0 Å². The first-order valence-corrected chi connectivity index (χ1v) is 10.2. The fourth-order valence-electron chi connectivity index (χ4n) is 2.80. The highest BCUT2D eigenvalue weighted by Gasteiger charge is 2.19. The first-order chi connectivity index (χ1) is 13.3. The van der Waals surface area contributed by atoms with Gasteiger partial charge in [0.15, 0.2) is 0 Å². The molecule has 0 aliphatic carbocycles. The van der Waals surface area contributed by atoms with Crippen LogP contribution in [0.5, 0.6) is 0 Å². The number of sulfonamides is 1. The minimum atomic E-state index is -3.65. The Hall–Kier alpha value is -2.97. The number of hydrogen-bond acceptors (Lipinski definition) is 4. The molecule has 146 valence electrons. The van der Waals surface area contributed by atoms with Crippen LogP contribution in [-0.2, 0) is 16.6 Å². The van der Waals surface area contributed by atoms with E-state index in [9.17, 15) is 13.2 Å². The average molecular weight is 398 g/mol. The highest BCUT2D eigenvalue weighted by molar-refractivity contribution is 7.89. The van der Waals surface area contributed by atoms with Crippen molar-refractivity contribution in [2.24, 2.45) is 0 Å². The number of rotatable bonds is 6. The fraction of sp³-hybridized carbons (Fsp3) is 0.200. The van der Waals surface area contributed by atoms with Gasteiger partial charge in [0.05, 0.1) is 16.8 Å². The van der Waals surface area contributed by atoms with Crippen LogP contribution < -0.4 is 10.0 Å². The average Bonchev–Trinajstić information content (AvgIpc) is 3.17. The van der Waals surface area contributed by atoms with Gasteiger partial charge in [-0.2, -0.15) is 5.10 Å². The summed E-state index contributed by atoms with van der Waals surface area (Å²) in [6.07, 6.45) is 3.53. The van der Waals surface area contributed by atoms with Crippen LogP contribution in [0.1, 0.15) is 27.0 Å². The monoisotopic (exact) mass is 398 g/mol. The molecule has 0 atom stereocenters. The molecule has 1 amide bonds. The third-order valence-corrected chi connectivity index (χ3v) is 6.09. The van der Waals surface area contributed by atoms with E-state index in [1.54, 1.807) is 30.8 Å². The van der Waals surface area contributed by atoms with Gasteiger partial charge in [-0.1, -0.05) is 18.2 Å². The summed E-state index contributed by atoms with van der Waals surface area (Å²) < 4.78 is 28.5. The molecule has 2 N–H and O–H groups in total. The van der Waals surface area contributed by atoms with E-state index in [-0.39, 0.29) is 17.3 Å². The lowest BCUT2D eigenvalue weighted by molar-refractivity contribution is 0.0950.